The lowest BCUT2D eigenvalue weighted by atomic mass is 9.68. The van der Waals surface area contributed by atoms with Gasteiger partial charge >= 0.3 is 0 Å². The highest BCUT2D eigenvalue weighted by atomic mass is 16.5. The van der Waals surface area contributed by atoms with E-state index < -0.39 is 11.5 Å². The Hall–Kier alpha value is -3.98. The SMILES string of the molecule is Cn1nccc1C(=O)NC(C(=O)Nc1ccc2c(c1)NC(=O)C21CCOCC1)C1CC(c2ccccc2)C1. The largest absolute Gasteiger partial charge is 0.381 e. The summed E-state index contributed by atoms with van der Waals surface area (Å²) in [4.78, 5) is 39.5. The van der Waals surface area contributed by atoms with E-state index in [1.165, 1.54) is 10.2 Å². The molecule has 1 spiro atoms. The molecule has 2 fully saturated rings. The summed E-state index contributed by atoms with van der Waals surface area (Å²) < 4.78 is 6.98. The van der Waals surface area contributed by atoms with Crippen LogP contribution in [-0.2, 0) is 26.8 Å². The Morgan fingerprint density at radius 1 is 1.11 bits per heavy atom. The molecule has 38 heavy (non-hydrogen) atoms. The number of rotatable bonds is 6. The van der Waals surface area contributed by atoms with Gasteiger partial charge < -0.3 is 20.7 Å². The van der Waals surface area contributed by atoms with Crippen molar-refractivity contribution in [2.24, 2.45) is 13.0 Å². The fourth-order valence-electron chi connectivity index (χ4n) is 6.08. The zero-order chi connectivity index (χ0) is 26.3. The van der Waals surface area contributed by atoms with Crippen LogP contribution in [0.4, 0.5) is 11.4 Å². The number of nitrogens with one attached hydrogen (secondary N) is 3. The van der Waals surface area contributed by atoms with E-state index >= 15 is 0 Å². The molecule has 9 nitrogen and oxygen atoms in total. The maximum absolute atomic E-state index is 13.6. The Morgan fingerprint density at radius 3 is 2.58 bits per heavy atom. The minimum absolute atomic E-state index is 0.00276. The average Bonchev–Trinajstić information content (AvgIpc) is 3.44. The van der Waals surface area contributed by atoms with Crippen molar-refractivity contribution in [3.05, 3.63) is 77.6 Å². The molecule has 2 aliphatic heterocycles. The van der Waals surface area contributed by atoms with E-state index in [1.807, 2.05) is 36.4 Å². The Kier molecular flexibility index (Phi) is 6.23. The van der Waals surface area contributed by atoms with Crippen molar-refractivity contribution >= 4 is 29.1 Å². The van der Waals surface area contributed by atoms with Crippen molar-refractivity contribution in [1.82, 2.24) is 15.1 Å². The topological polar surface area (TPSA) is 114 Å². The number of nitrogens with zero attached hydrogens (tertiary/aromatic N) is 2. The molecule has 3 aliphatic rings. The van der Waals surface area contributed by atoms with Crippen molar-refractivity contribution in [3.63, 3.8) is 0 Å². The zero-order valence-electron chi connectivity index (χ0n) is 21.3. The van der Waals surface area contributed by atoms with Crippen LogP contribution in [-0.4, -0.2) is 46.8 Å². The molecule has 1 atom stereocenters. The van der Waals surface area contributed by atoms with Crippen LogP contribution in [0.1, 0.15) is 53.2 Å². The summed E-state index contributed by atoms with van der Waals surface area (Å²) in [7, 11) is 1.70. The van der Waals surface area contributed by atoms with Crippen LogP contribution in [0, 0.1) is 5.92 Å². The molecule has 3 heterocycles. The van der Waals surface area contributed by atoms with Gasteiger partial charge in [0, 0.05) is 37.8 Å². The summed E-state index contributed by atoms with van der Waals surface area (Å²) in [5.41, 5.74) is 3.33. The van der Waals surface area contributed by atoms with Gasteiger partial charge in [-0.15, -0.1) is 0 Å². The van der Waals surface area contributed by atoms with Crippen LogP contribution in [0.2, 0.25) is 0 Å². The molecule has 1 aliphatic carbocycles. The second kappa shape index (κ2) is 9.72. The molecule has 6 rings (SSSR count). The fraction of sp³-hybridized carbons (Fsp3) is 0.379. The lowest BCUT2D eigenvalue weighted by Crippen LogP contribution is -2.52. The summed E-state index contributed by atoms with van der Waals surface area (Å²) in [6.07, 6.45) is 4.45. The summed E-state index contributed by atoms with van der Waals surface area (Å²) >= 11 is 0. The lowest BCUT2D eigenvalue weighted by Gasteiger charge is -2.40. The Morgan fingerprint density at radius 2 is 1.87 bits per heavy atom. The third-order valence-corrected chi connectivity index (χ3v) is 8.37. The van der Waals surface area contributed by atoms with Crippen LogP contribution >= 0.6 is 0 Å². The second-order valence-electron chi connectivity index (χ2n) is 10.5. The molecule has 3 N–H and O–H groups in total. The first-order valence-corrected chi connectivity index (χ1v) is 13.1. The zero-order valence-corrected chi connectivity index (χ0v) is 21.3. The highest BCUT2D eigenvalue weighted by molar-refractivity contribution is 6.07. The number of anilines is 2. The lowest BCUT2D eigenvalue weighted by molar-refractivity contribution is -0.124. The molecule has 1 aromatic heterocycles. The first kappa shape index (κ1) is 24.4. The van der Waals surface area contributed by atoms with Gasteiger partial charge in [0.2, 0.25) is 11.8 Å². The van der Waals surface area contributed by atoms with Crippen LogP contribution < -0.4 is 16.0 Å². The fourth-order valence-corrected chi connectivity index (χ4v) is 6.08. The smallest absolute Gasteiger partial charge is 0.270 e. The Bertz CT molecular complexity index is 1370. The van der Waals surface area contributed by atoms with E-state index in [0.29, 0.717) is 43.4 Å². The van der Waals surface area contributed by atoms with Gasteiger partial charge in [0.1, 0.15) is 11.7 Å². The van der Waals surface area contributed by atoms with E-state index in [0.717, 1.165) is 24.1 Å². The van der Waals surface area contributed by atoms with Crippen LogP contribution in [0.5, 0.6) is 0 Å². The van der Waals surface area contributed by atoms with Crippen molar-refractivity contribution < 1.29 is 19.1 Å². The number of benzene rings is 2. The highest BCUT2D eigenvalue weighted by Crippen LogP contribution is 2.46. The first-order chi connectivity index (χ1) is 18.4. The molecule has 1 saturated carbocycles. The molecule has 196 valence electrons. The molecule has 3 amide bonds. The maximum atomic E-state index is 13.6. The molecule has 0 bridgehead atoms. The maximum Gasteiger partial charge on any atom is 0.270 e. The first-order valence-electron chi connectivity index (χ1n) is 13.1. The highest BCUT2D eigenvalue weighted by Gasteiger charge is 2.47. The van der Waals surface area contributed by atoms with Crippen molar-refractivity contribution in [3.8, 4) is 0 Å². The summed E-state index contributed by atoms with van der Waals surface area (Å²) in [6.45, 7) is 1.10. The van der Waals surface area contributed by atoms with Crippen LogP contribution in [0.3, 0.4) is 0 Å². The predicted octanol–water partition coefficient (Wildman–Crippen LogP) is 3.35. The van der Waals surface area contributed by atoms with Crippen LogP contribution in [0.15, 0.2) is 60.8 Å². The Balaban J connectivity index is 1.20. The number of ether oxygens (including phenoxy) is 1. The minimum Gasteiger partial charge on any atom is -0.381 e. The normalized spacial score (nSPS) is 22.2. The number of aromatic nitrogens is 2. The molecule has 1 unspecified atom stereocenters. The summed E-state index contributed by atoms with van der Waals surface area (Å²) in [5.74, 6) is -0.270. The molecular formula is C29H31N5O4. The van der Waals surface area contributed by atoms with Crippen LogP contribution in [0.25, 0.3) is 0 Å². The number of hydrogen-bond donors (Lipinski definition) is 3. The third kappa shape index (κ3) is 4.26. The van der Waals surface area contributed by atoms with E-state index in [4.69, 9.17) is 4.74 Å². The number of carbonyl (C=O) groups excluding carboxylic acids is 3. The molecular weight excluding hydrogens is 482 g/mol. The van der Waals surface area contributed by atoms with E-state index in [9.17, 15) is 14.4 Å². The summed E-state index contributed by atoms with van der Waals surface area (Å²) in [5, 5.41) is 13.0. The number of carbonyl (C=O) groups is 3. The third-order valence-electron chi connectivity index (χ3n) is 8.37. The standard InChI is InChI=1S/C29H31N5O4/c1-34-24(9-12-30-34)26(35)33-25(20-15-19(16-20)18-5-3-2-4-6-18)27(36)31-21-7-8-22-23(17-21)32-28(37)29(22)10-13-38-14-11-29/h2-9,12,17,19-20,25H,10-11,13-16H2,1H3,(H,31,36)(H,32,37)(H,33,35). The van der Waals surface area contributed by atoms with Gasteiger partial charge in [-0.2, -0.15) is 5.10 Å². The van der Waals surface area contributed by atoms with E-state index in [-0.39, 0.29) is 23.6 Å². The molecule has 9 heteroatoms. The number of hydrogen-bond acceptors (Lipinski definition) is 5. The molecule has 2 aromatic carbocycles. The van der Waals surface area contributed by atoms with Gasteiger partial charge in [-0.1, -0.05) is 36.4 Å². The van der Waals surface area contributed by atoms with E-state index in [2.05, 4.69) is 33.2 Å². The van der Waals surface area contributed by atoms with Gasteiger partial charge in [-0.05, 0) is 66.8 Å². The molecule has 1 saturated heterocycles. The van der Waals surface area contributed by atoms with E-state index in [1.54, 1.807) is 19.3 Å². The van der Waals surface area contributed by atoms with Gasteiger partial charge in [-0.3, -0.25) is 19.1 Å². The summed E-state index contributed by atoms with van der Waals surface area (Å²) in [6, 6.07) is 16.7. The number of fused-ring (bicyclic) bond motifs is 2. The van der Waals surface area contributed by atoms with Gasteiger partial charge in [0.25, 0.3) is 5.91 Å². The monoisotopic (exact) mass is 513 g/mol. The molecule has 3 aromatic rings. The quantitative estimate of drug-likeness (QED) is 0.468. The van der Waals surface area contributed by atoms with Crippen molar-refractivity contribution in [2.45, 2.75) is 43.1 Å². The van der Waals surface area contributed by atoms with Crippen molar-refractivity contribution in [2.75, 3.05) is 23.8 Å². The van der Waals surface area contributed by atoms with Gasteiger partial charge in [0.05, 0.1) is 5.41 Å². The molecule has 0 radical (unpaired) electrons. The predicted molar refractivity (Wildman–Crippen MR) is 142 cm³/mol. The number of aryl methyl sites for hydroxylation is 1. The Labute approximate surface area is 220 Å². The van der Waals surface area contributed by atoms with Crippen molar-refractivity contribution in [1.29, 1.82) is 0 Å². The van der Waals surface area contributed by atoms with Gasteiger partial charge in [0.15, 0.2) is 0 Å². The minimum atomic E-state index is -0.706. The average molecular weight is 514 g/mol. The second-order valence-corrected chi connectivity index (χ2v) is 10.5. The van der Waals surface area contributed by atoms with Gasteiger partial charge in [-0.25, -0.2) is 0 Å². The number of amides is 3.